The molecule has 1 amide bonds. The number of piperazine rings is 1. The maximum absolute atomic E-state index is 10.7. The van der Waals surface area contributed by atoms with Gasteiger partial charge < -0.3 is 10.6 Å². The molecule has 2 atom stereocenters. The van der Waals surface area contributed by atoms with E-state index in [0.717, 1.165) is 13.1 Å². The van der Waals surface area contributed by atoms with E-state index in [1.165, 1.54) is 6.42 Å². The number of amides is 1. The van der Waals surface area contributed by atoms with E-state index in [2.05, 4.69) is 16.8 Å². The van der Waals surface area contributed by atoms with Gasteiger partial charge in [0.25, 0.3) is 0 Å². The summed E-state index contributed by atoms with van der Waals surface area (Å²) in [4.78, 5) is 15.2. The maximum Gasteiger partial charge on any atom is 0.231 e. The number of hydrogen-bond donors (Lipinski definition) is 1. The quantitative estimate of drug-likeness (QED) is 0.568. The van der Waals surface area contributed by atoms with Crippen molar-refractivity contribution in [1.29, 1.82) is 0 Å². The number of likely N-dealkylation sites (tertiary alicyclic amines) is 2. The fraction of sp³-hybridized carbons (Fsp3) is 0.875. The van der Waals surface area contributed by atoms with Gasteiger partial charge in [0.05, 0.1) is 6.54 Å². The Kier molecular flexibility index (Phi) is 1.81. The third-order valence-corrected chi connectivity index (χ3v) is 2.99. The molecule has 2 N–H and O–H groups in total. The summed E-state index contributed by atoms with van der Waals surface area (Å²) in [5.74, 6) is -0.204. The van der Waals surface area contributed by atoms with Crippen LogP contribution in [0.4, 0.5) is 0 Å². The average molecular weight is 169 g/mol. The Morgan fingerprint density at radius 2 is 2.25 bits per heavy atom. The SMILES string of the molecule is CN1C[C@H]2C[C@@H]1CN2CC(N)=O. The molecule has 2 heterocycles. The predicted octanol–water partition coefficient (Wildman–Crippen LogP) is -1.14. The summed E-state index contributed by atoms with van der Waals surface area (Å²) in [6, 6.07) is 1.24. The molecule has 0 saturated carbocycles. The highest BCUT2D eigenvalue weighted by molar-refractivity contribution is 5.76. The lowest BCUT2D eigenvalue weighted by atomic mass is 10.2. The Morgan fingerprint density at radius 1 is 1.50 bits per heavy atom. The van der Waals surface area contributed by atoms with Crippen LogP contribution in [0.15, 0.2) is 0 Å². The molecule has 2 aliphatic rings. The van der Waals surface area contributed by atoms with Crippen molar-refractivity contribution in [1.82, 2.24) is 9.80 Å². The molecule has 0 radical (unpaired) electrons. The normalized spacial score (nSPS) is 36.1. The van der Waals surface area contributed by atoms with Crippen molar-refractivity contribution in [2.45, 2.75) is 18.5 Å². The van der Waals surface area contributed by atoms with Crippen LogP contribution < -0.4 is 5.73 Å². The minimum absolute atomic E-state index is 0.204. The van der Waals surface area contributed by atoms with Crippen molar-refractivity contribution in [3.63, 3.8) is 0 Å². The van der Waals surface area contributed by atoms with Crippen LogP contribution >= 0.6 is 0 Å². The predicted molar refractivity (Wildman–Crippen MR) is 45.6 cm³/mol. The molecule has 2 saturated heterocycles. The zero-order chi connectivity index (χ0) is 8.72. The fourth-order valence-corrected chi connectivity index (χ4v) is 2.34. The number of carbonyl (C=O) groups excluding carboxylic acids is 1. The van der Waals surface area contributed by atoms with Crippen molar-refractivity contribution in [2.24, 2.45) is 5.73 Å². The summed E-state index contributed by atoms with van der Waals surface area (Å²) < 4.78 is 0. The number of nitrogens with zero attached hydrogens (tertiary/aromatic N) is 2. The highest BCUT2D eigenvalue weighted by Crippen LogP contribution is 2.28. The van der Waals surface area contributed by atoms with Crippen LogP contribution in [0.3, 0.4) is 0 Å². The first kappa shape index (κ1) is 8.01. The summed E-state index contributed by atoms with van der Waals surface area (Å²) in [5, 5.41) is 0. The zero-order valence-electron chi connectivity index (χ0n) is 7.36. The Morgan fingerprint density at radius 3 is 2.67 bits per heavy atom. The van der Waals surface area contributed by atoms with Gasteiger partial charge in [0.15, 0.2) is 0 Å². The highest BCUT2D eigenvalue weighted by Gasteiger charge is 2.41. The second kappa shape index (κ2) is 2.71. The molecule has 2 rings (SSSR count). The van der Waals surface area contributed by atoms with Gasteiger partial charge in [-0.05, 0) is 13.5 Å². The Bertz CT molecular complexity index is 204. The van der Waals surface area contributed by atoms with E-state index >= 15 is 0 Å². The molecule has 0 unspecified atom stereocenters. The summed E-state index contributed by atoms with van der Waals surface area (Å²) in [5.41, 5.74) is 5.14. The van der Waals surface area contributed by atoms with Gasteiger partial charge in [-0.15, -0.1) is 0 Å². The van der Waals surface area contributed by atoms with Gasteiger partial charge >= 0.3 is 0 Å². The molecule has 4 heteroatoms. The molecule has 0 aliphatic carbocycles. The van der Waals surface area contributed by atoms with Gasteiger partial charge in [-0.25, -0.2) is 0 Å². The molecule has 0 aromatic carbocycles. The maximum atomic E-state index is 10.7. The van der Waals surface area contributed by atoms with Crippen LogP contribution in [0.1, 0.15) is 6.42 Å². The monoisotopic (exact) mass is 169 g/mol. The van der Waals surface area contributed by atoms with E-state index in [9.17, 15) is 4.79 Å². The van der Waals surface area contributed by atoms with E-state index in [0.29, 0.717) is 18.6 Å². The van der Waals surface area contributed by atoms with Crippen molar-refractivity contribution >= 4 is 5.91 Å². The van der Waals surface area contributed by atoms with Crippen molar-refractivity contribution in [2.75, 3.05) is 26.7 Å². The van der Waals surface area contributed by atoms with Gasteiger partial charge in [0, 0.05) is 25.2 Å². The van der Waals surface area contributed by atoms with Gasteiger partial charge in [-0.3, -0.25) is 9.69 Å². The standard InChI is InChI=1S/C8H15N3O/c1-10-3-7-2-6(10)4-11(7)5-8(9)12/h6-7H,2-5H2,1H3,(H2,9,12)/t6-,7-/m1/s1. The van der Waals surface area contributed by atoms with E-state index in [-0.39, 0.29) is 5.91 Å². The Labute approximate surface area is 72.3 Å². The second-order valence-electron chi connectivity index (χ2n) is 3.88. The van der Waals surface area contributed by atoms with Crippen molar-refractivity contribution in [3.8, 4) is 0 Å². The molecule has 4 nitrogen and oxygen atoms in total. The summed E-state index contributed by atoms with van der Waals surface area (Å²) in [6.07, 6.45) is 1.21. The summed E-state index contributed by atoms with van der Waals surface area (Å²) >= 11 is 0. The third-order valence-electron chi connectivity index (χ3n) is 2.99. The summed E-state index contributed by atoms with van der Waals surface area (Å²) in [6.45, 7) is 2.55. The largest absolute Gasteiger partial charge is 0.369 e. The smallest absolute Gasteiger partial charge is 0.231 e. The topological polar surface area (TPSA) is 49.6 Å². The third kappa shape index (κ3) is 1.21. The number of fused-ring (bicyclic) bond motifs is 2. The van der Waals surface area contributed by atoms with Crippen LogP contribution in [0, 0.1) is 0 Å². The molecular formula is C8H15N3O. The van der Waals surface area contributed by atoms with Crippen LogP contribution in [0.2, 0.25) is 0 Å². The molecule has 12 heavy (non-hydrogen) atoms. The first-order valence-electron chi connectivity index (χ1n) is 4.39. The molecule has 2 bridgehead atoms. The minimum atomic E-state index is -0.204. The van der Waals surface area contributed by atoms with Crippen LogP contribution in [-0.4, -0.2) is 54.5 Å². The number of nitrogens with two attached hydrogens (primary N) is 1. The van der Waals surface area contributed by atoms with Crippen molar-refractivity contribution < 1.29 is 4.79 Å². The lowest BCUT2D eigenvalue weighted by Gasteiger charge is -2.30. The van der Waals surface area contributed by atoms with Crippen molar-refractivity contribution in [3.05, 3.63) is 0 Å². The van der Waals surface area contributed by atoms with Gasteiger partial charge in [0.2, 0.25) is 5.91 Å². The van der Waals surface area contributed by atoms with Gasteiger partial charge in [0.1, 0.15) is 0 Å². The van der Waals surface area contributed by atoms with Crippen LogP contribution in [0.5, 0.6) is 0 Å². The van der Waals surface area contributed by atoms with Gasteiger partial charge in [-0.2, -0.15) is 0 Å². The molecule has 0 spiro atoms. The van der Waals surface area contributed by atoms with E-state index < -0.39 is 0 Å². The van der Waals surface area contributed by atoms with E-state index in [4.69, 9.17) is 5.73 Å². The highest BCUT2D eigenvalue weighted by atomic mass is 16.1. The minimum Gasteiger partial charge on any atom is -0.369 e. The zero-order valence-corrected chi connectivity index (χ0v) is 7.36. The number of carbonyl (C=O) groups is 1. The first-order valence-corrected chi connectivity index (χ1v) is 4.39. The molecule has 68 valence electrons. The lowest BCUT2D eigenvalue weighted by Crippen LogP contribution is -2.47. The van der Waals surface area contributed by atoms with Crippen LogP contribution in [-0.2, 0) is 4.79 Å². The number of rotatable bonds is 2. The second-order valence-corrected chi connectivity index (χ2v) is 3.88. The first-order chi connectivity index (χ1) is 5.66. The van der Waals surface area contributed by atoms with Gasteiger partial charge in [-0.1, -0.05) is 0 Å². The molecule has 0 aromatic heterocycles. The van der Waals surface area contributed by atoms with Crippen LogP contribution in [0.25, 0.3) is 0 Å². The van der Waals surface area contributed by atoms with E-state index in [1.807, 2.05) is 0 Å². The average Bonchev–Trinajstić information content (AvgIpc) is 2.44. The number of primary amides is 1. The Hall–Kier alpha value is -0.610. The summed E-state index contributed by atoms with van der Waals surface area (Å²) in [7, 11) is 2.15. The lowest BCUT2D eigenvalue weighted by molar-refractivity contribution is -0.119. The molecular weight excluding hydrogens is 154 g/mol. The Balaban J connectivity index is 1.94. The number of likely N-dealkylation sites (N-methyl/N-ethyl adjacent to an activating group) is 1. The number of hydrogen-bond acceptors (Lipinski definition) is 3. The molecule has 0 aromatic rings. The fourth-order valence-electron chi connectivity index (χ4n) is 2.34. The van der Waals surface area contributed by atoms with E-state index in [1.54, 1.807) is 0 Å². The molecule has 2 aliphatic heterocycles. The molecule has 2 fully saturated rings.